The van der Waals surface area contributed by atoms with Gasteiger partial charge in [0.15, 0.2) is 0 Å². The third-order valence-electron chi connectivity index (χ3n) is 4.79. The number of nitrogens with two attached hydrogens (primary N) is 1. The first kappa shape index (κ1) is 14.4. The van der Waals surface area contributed by atoms with E-state index in [4.69, 9.17) is 15.2 Å². The summed E-state index contributed by atoms with van der Waals surface area (Å²) in [6.45, 7) is 0. The van der Waals surface area contributed by atoms with Gasteiger partial charge in [-0.1, -0.05) is 18.2 Å². The van der Waals surface area contributed by atoms with Gasteiger partial charge in [-0.25, -0.2) is 0 Å². The van der Waals surface area contributed by atoms with E-state index in [0.717, 1.165) is 25.0 Å². The van der Waals surface area contributed by atoms with Crippen molar-refractivity contribution in [1.82, 2.24) is 0 Å². The van der Waals surface area contributed by atoms with Gasteiger partial charge in [-0.15, -0.1) is 0 Å². The predicted molar refractivity (Wildman–Crippen MR) is 85.6 cm³/mol. The summed E-state index contributed by atoms with van der Waals surface area (Å²) in [6, 6.07) is 12.6. The Balaban J connectivity index is 1.83. The number of fused-ring (bicyclic) bond motifs is 1. The van der Waals surface area contributed by atoms with Crippen molar-refractivity contribution in [3.8, 4) is 5.75 Å². The van der Waals surface area contributed by atoms with Crippen molar-refractivity contribution >= 4 is 10.8 Å². The van der Waals surface area contributed by atoms with Crippen molar-refractivity contribution in [3.05, 3.63) is 42.0 Å². The molecule has 1 unspecified atom stereocenters. The van der Waals surface area contributed by atoms with Gasteiger partial charge in [0, 0.05) is 13.2 Å². The van der Waals surface area contributed by atoms with Crippen LogP contribution in [0.4, 0.5) is 0 Å². The first-order valence-corrected chi connectivity index (χ1v) is 7.54. The van der Waals surface area contributed by atoms with Crippen molar-refractivity contribution in [3.63, 3.8) is 0 Å². The quantitative estimate of drug-likeness (QED) is 0.908. The Morgan fingerprint density at radius 1 is 1.10 bits per heavy atom. The van der Waals surface area contributed by atoms with E-state index >= 15 is 0 Å². The van der Waals surface area contributed by atoms with Crippen LogP contribution in [0.15, 0.2) is 36.4 Å². The molecule has 1 aliphatic carbocycles. The van der Waals surface area contributed by atoms with Crippen LogP contribution in [0.5, 0.6) is 5.75 Å². The maximum absolute atomic E-state index is 6.41. The normalized spacial score (nSPS) is 18.2. The highest BCUT2D eigenvalue weighted by atomic mass is 16.5. The van der Waals surface area contributed by atoms with E-state index < -0.39 is 0 Å². The van der Waals surface area contributed by atoms with Crippen molar-refractivity contribution in [2.24, 2.45) is 5.73 Å². The summed E-state index contributed by atoms with van der Waals surface area (Å²) in [7, 11) is 3.49. The van der Waals surface area contributed by atoms with Crippen LogP contribution in [0.1, 0.15) is 37.3 Å². The van der Waals surface area contributed by atoms with Gasteiger partial charge in [-0.3, -0.25) is 0 Å². The summed E-state index contributed by atoms with van der Waals surface area (Å²) in [4.78, 5) is 0. The van der Waals surface area contributed by atoms with Gasteiger partial charge in [-0.05, 0) is 60.2 Å². The van der Waals surface area contributed by atoms with E-state index in [1.807, 2.05) is 12.1 Å². The van der Waals surface area contributed by atoms with Crippen LogP contribution in [0.2, 0.25) is 0 Å². The van der Waals surface area contributed by atoms with E-state index in [1.165, 1.54) is 22.8 Å². The molecule has 0 spiro atoms. The Hall–Kier alpha value is -1.58. The molecule has 2 N–H and O–H groups in total. The topological polar surface area (TPSA) is 44.5 Å². The van der Waals surface area contributed by atoms with Gasteiger partial charge in [0.1, 0.15) is 5.75 Å². The minimum absolute atomic E-state index is 0.00822. The molecule has 1 aliphatic rings. The van der Waals surface area contributed by atoms with Gasteiger partial charge in [0.25, 0.3) is 0 Å². The number of benzene rings is 2. The van der Waals surface area contributed by atoms with Crippen LogP contribution in [0, 0.1) is 0 Å². The number of rotatable bonds is 5. The molecule has 21 heavy (non-hydrogen) atoms. The zero-order chi connectivity index (χ0) is 14.9. The second-order valence-corrected chi connectivity index (χ2v) is 6.02. The average molecular weight is 285 g/mol. The molecule has 0 amide bonds. The maximum Gasteiger partial charge on any atom is 0.119 e. The Morgan fingerprint density at radius 2 is 1.81 bits per heavy atom. The highest BCUT2D eigenvalue weighted by Gasteiger charge is 2.38. The molecule has 3 heteroatoms. The van der Waals surface area contributed by atoms with E-state index in [1.54, 1.807) is 14.2 Å². The third-order valence-corrected chi connectivity index (χ3v) is 4.79. The molecule has 2 aromatic rings. The van der Waals surface area contributed by atoms with Gasteiger partial charge in [0.2, 0.25) is 0 Å². The monoisotopic (exact) mass is 285 g/mol. The standard InChI is InChI=1S/C18H23NO2/c1-20-16-7-6-13-10-15(5-4-14(13)11-16)17(19)12-18(21-2)8-3-9-18/h4-7,10-11,17H,3,8-9,12,19H2,1-2H3. The highest BCUT2D eigenvalue weighted by molar-refractivity contribution is 5.84. The number of hydrogen-bond acceptors (Lipinski definition) is 3. The Kier molecular flexibility index (Phi) is 3.87. The number of hydrogen-bond donors (Lipinski definition) is 1. The molecule has 0 aromatic heterocycles. The average Bonchev–Trinajstić information content (AvgIpc) is 2.49. The zero-order valence-electron chi connectivity index (χ0n) is 12.8. The van der Waals surface area contributed by atoms with E-state index in [-0.39, 0.29) is 11.6 Å². The van der Waals surface area contributed by atoms with E-state index in [0.29, 0.717) is 0 Å². The van der Waals surface area contributed by atoms with Crippen molar-refractivity contribution in [2.45, 2.75) is 37.3 Å². The van der Waals surface area contributed by atoms with Gasteiger partial charge in [0.05, 0.1) is 12.7 Å². The van der Waals surface area contributed by atoms with Gasteiger partial charge in [-0.2, -0.15) is 0 Å². The first-order valence-electron chi connectivity index (χ1n) is 7.54. The second-order valence-electron chi connectivity index (χ2n) is 6.02. The molecule has 3 rings (SSSR count). The molecule has 2 aromatic carbocycles. The summed E-state index contributed by atoms with van der Waals surface area (Å²) in [5.74, 6) is 0.882. The summed E-state index contributed by atoms with van der Waals surface area (Å²) in [6.07, 6.45) is 4.40. The molecule has 0 bridgehead atoms. The lowest BCUT2D eigenvalue weighted by atomic mass is 9.75. The molecule has 1 fully saturated rings. The molecule has 0 radical (unpaired) electrons. The molecule has 3 nitrogen and oxygen atoms in total. The van der Waals surface area contributed by atoms with Crippen LogP contribution >= 0.6 is 0 Å². The van der Waals surface area contributed by atoms with Gasteiger partial charge < -0.3 is 15.2 Å². The molecule has 0 saturated heterocycles. The van der Waals surface area contributed by atoms with Crippen LogP contribution in [0.25, 0.3) is 10.8 Å². The Bertz CT molecular complexity index is 629. The zero-order valence-corrected chi connectivity index (χ0v) is 12.8. The summed E-state index contributed by atoms with van der Waals surface area (Å²) >= 11 is 0. The predicted octanol–water partition coefficient (Wildman–Crippen LogP) is 3.81. The lowest BCUT2D eigenvalue weighted by molar-refractivity contribution is -0.0816. The van der Waals surface area contributed by atoms with Crippen molar-refractivity contribution in [2.75, 3.05) is 14.2 Å². The fraction of sp³-hybridized carbons (Fsp3) is 0.444. The lowest BCUT2D eigenvalue weighted by Crippen LogP contribution is -2.41. The molecule has 1 saturated carbocycles. The third kappa shape index (κ3) is 2.76. The fourth-order valence-corrected chi connectivity index (χ4v) is 3.18. The lowest BCUT2D eigenvalue weighted by Gasteiger charge is -2.42. The molecule has 112 valence electrons. The van der Waals surface area contributed by atoms with Gasteiger partial charge >= 0.3 is 0 Å². The second kappa shape index (κ2) is 5.66. The minimum Gasteiger partial charge on any atom is -0.497 e. The van der Waals surface area contributed by atoms with Crippen LogP contribution in [-0.2, 0) is 4.74 Å². The maximum atomic E-state index is 6.41. The molecule has 1 atom stereocenters. The Labute approximate surface area is 126 Å². The van der Waals surface area contributed by atoms with Crippen LogP contribution in [0.3, 0.4) is 0 Å². The fourth-order valence-electron chi connectivity index (χ4n) is 3.18. The highest BCUT2D eigenvalue weighted by Crippen LogP contribution is 2.41. The summed E-state index contributed by atoms with van der Waals surface area (Å²) in [5, 5.41) is 2.37. The molecule has 0 aliphatic heterocycles. The van der Waals surface area contributed by atoms with E-state index in [9.17, 15) is 0 Å². The van der Waals surface area contributed by atoms with E-state index in [2.05, 4.69) is 24.3 Å². The number of ether oxygens (including phenoxy) is 2. The number of methoxy groups -OCH3 is 2. The molecular formula is C18H23NO2. The van der Waals surface area contributed by atoms with Crippen LogP contribution < -0.4 is 10.5 Å². The summed E-state index contributed by atoms with van der Waals surface area (Å²) in [5.41, 5.74) is 7.59. The first-order chi connectivity index (χ1) is 10.2. The SMILES string of the molecule is COc1ccc2cc(C(N)CC3(OC)CCC3)ccc2c1. The minimum atomic E-state index is 0.00822. The largest absolute Gasteiger partial charge is 0.497 e. The van der Waals surface area contributed by atoms with Crippen molar-refractivity contribution in [1.29, 1.82) is 0 Å². The van der Waals surface area contributed by atoms with Crippen molar-refractivity contribution < 1.29 is 9.47 Å². The van der Waals surface area contributed by atoms with Crippen LogP contribution in [-0.4, -0.2) is 19.8 Å². The smallest absolute Gasteiger partial charge is 0.119 e. The molecule has 0 heterocycles. The molecular weight excluding hydrogens is 262 g/mol. The summed E-state index contributed by atoms with van der Waals surface area (Å²) < 4.78 is 10.9. The Morgan fingerprint density at radius 3 is 2.43 bits per heavy atom.